The third kappa shape index (κ3) is 6.00. The maximum absolute atomic E-state index is 12.4. The molecule has 0 fully saturated rings. The van der Waals surface area contributed by atoms with Crippen LogP contribution in [0.25, 0.3) is 17.1 Å². The number of phenolic OH excluding ortho intramolecular Hbond substituents is 1. The summed E-state index contributed by atoms with van der Waals surface area (Å²) in [5.41, 5.74) is 6.15. The average Bonchev–Trinajstić information content (AvgIpc) is 3.28. The molecule has 4 aromatic rings. The molecule has 0 saturated heterocycles. The van der Waals surface area contributed by atoms with Crippen molar-refractivity contribution in [3.05, 3.63) is 82.9 Å². The Balaban J connectivity index is 1.49. The van der Waals surface area contributed by atoms with E-state index < -0.39 is 0 Å². The summed E-state index contributed by atoms with van der Waals surface area (Å²) in [5, 5.41) is 22.5. The van der Waals surface area contributed by atoms with Crippen molar-refractivity contribution >= 4 is 35.5 Å². The molecule has 3 aromatic carbocycles. The van der Waals surface area contributed by atoms with Crippen LogP contribution < -0.4 is 14.7 Å². The first kappa shape index (κ1) is 24.3. The number of H-pyrrole nitrogens is 1. The Kier molecular flexibility index (Phi) is 7.69. The zero-order chi connectivity index (χ0) is 24.8. The topological polar surface area (TPSA) is 103 Å². The van der Waals surface area contributed by atoms with E-state index in [0.29, 0.717) is 21.5 Å². The van der Waals surface area contributed by atoms with Gasteiger partial charge in [-0.1, -0.05) is 29.3 Å². The molecule has 4 rings (SSSR count). The van der Waals surface area contributed by atoms with Crippen LogP contribution in [0.4, 0.5) is 0 Å². The number of ether oxygens (including phenoxy) is 1. The predicted molar refractivity (Wildman–Crippen MR) is 136 cm³/mol. The second-order valence-corrected chi connectivity index (χ2v) is 8.92. The number of carbonyl (C=O) groups excluding carboxylic acids is 1. The fourth-order valence-electron chi connectivity index (χ4n) is 3.24. The molecule has 0 unspecified atom stereocenters. The monoisotopic (exact) mass is 508 g/mol. The van der Waals surface area contributed by atoms with Gasteiger partial charge in [0.05, 0.1) is 29.7 Å². The van der Waals surface area contributed by atoms with Gasteiger partial charge in [0, 0.05) is 5.02 Å². The Morgan fingerprint density at radius 3 is 2.66 bits per heavy atom. The highest BCUT2D eigenvalue weighted by Gasteiger charge is 2.24. The summed E-state index contributed by atoms with van der Waals surface area (Å²) in [6.45, 7) is 2.03. The minimum Gasteiger partial charge on any atom is -0.504 e. The summed E-state index contributed by atoms with van der Waals surface area (Å²) in [7, 11) is 1.46. The van der Waals surface area contributed by atoms with Gasteiger partial charge in [0.2, 0.25) is 0 Å². The number of hydrogen-bond donors (Lipinski definition) is 3. The third-order valence-electron chi connectivity index (χ3n) is 5.02. The molecule has 1 amide bonds. The van der Waals surface area contributed by atoms with E-state index >= 15 is 0 Å². The van der Waals surface area contributed by atoms with Gasteiger partial charge in [0.15, 0.2) is 11.5 Å². The highest BCUT2D eigenvalue weighted by Crippen LogP contribution is 2.25. The summed E-state index contributed by atoms with van der Waals surface area (Å²) >= 11 is 7.34. The van der Waals surface area contributed by atoms with Crippen molar-refractivity contribution in [2.45, 2.75) is 12.1 Å². The molecular weight excluding hydrogens is 486 g/mol. The van der Waals surface area contributed by atoms with E-state index in [1.165, 1.54) is 31.2 Å². The summed E-state index contributed by atoms with van der Waals surface area (Å²) in [5.74, 6) is 0.944. The zero-order valence-corrected chi connectivity index (χ0v) is 20.6. The molecule has 0 radical (unpaired) electrons. The zero-order valence-electron chi connectivity index (χ0n) is 19.0. The van der Waals surface area contributed by atoms with E-state index in [-0.39, 0.29) is 17.4 Å². The Hall–Kier alpha value is -3.82. The van der Waals surface area contributed by atoms with Crippen LogP contribution >= 0.6 is 23.4 Å². The summed E-state index contributed by atoms with van der Waals surface area (Å²) < 4.78 is 7.04. The number of hydrogen-bond acceptors (Lipinski definition) is 6. The molecule has 0 bridgehead atoms. The van der Waals surface area contributed by atoms with E-state index in [0.717, 1.165) is 22.6 Å². The standard InChI is InChI=1S/C25H22ClN5O3S/c1-16-3-10-20(11-4-16)31-24(18-6-8-19(26)9-7-18)29-30-25(31)35-15-23(33)28-27-14-17-5-12-21(32)22(13-17)34-2/h3-14H,15H2,1-2H3,(H2,27,28,32,33)/p+1. The molecule has 10 heteroatoms. The SMILES string of the molecule is COc1cc(C=NNC(=O)CSc2n[nH]c(-c3ccc(Cl)cc3)[n+]2-c2ccc(C)cc2)ccc1O. The third-order valence-corrected chi connectivity index (χ3v) is 6.21. The number of hydrazone groups is 1. The van der Waals surface area contributed by atoms with Gasteiger partial charge in [-0.25, -0.2) is 5.43 Å². The molecule has 8 nitrogen and oxygen atoms in total. The van der Waals surface area contributed by atoms with E-state index in [1.54, 1.807) is 12.1 Å². The first-order chi connectivity index (χ1) is 16.9. The molecule has 0 aliphatic heterocycles. The van der Waals surface area contributed by atoms with Gasteiger partial charge in [0.25, 0.3) is 11.7 Å². The van der Waals surface area contributed by atoms with Gasteiger partial charge < -0.3 is 9.84 Å². The lowest BCUT2D eigenvalue weighted by molar-refractivity contribution is -0.625. The predicted octanol–water partition coefficient (Wildman–Crippen LogP) is 4.27. The van der Waals surface area contributed by atoms with Crippen molar-refractivity contribution in [1.29, 1.82) is 0 Å². The largest absolute Gasteiger partial charge is 0.504 e. The highest BCUT2D eigenvalue weighted by molar-refractivity contribution is 7.99. The summed E-state index contributed by atoms with van der Waals surface area (Å²) in [6, 6.07) is 20.3. The number of halogens is 1. The molecule has 178 valence electrons. The van der Waals surface area contributed by atoms with Gasteiger partial charge in [-0.3, -0.25) is 4.79 Å². The number of aromatic amines is 1. The van der Waals surface area contributed by atoms with Crippen LogP contribution in [0.1, 0.15) is 11.1 Å². The molecule has 0 aliphatic rings. The number of nitrogens with one attached hydrogen (secondary N) is 2. The number of methoxy groups -OCH3 is 1. The van der Waals surface area contributed by atoms with Gasteiger partial charge in [0.1, 0.15) is 5.69 Å². The number of amides is 1. The molecule has 1 aromatic heterocycles. The van der Waals surface area contributed by atoms with Gasteiger partial charge in [-0.05, 0) is 78.8 Å². The van der Waals surface area contributed by atoms with Crippen LogP contribution in [0.15, 0.2) is 77.0 Å². The average molecular weight is 509 g/mol. The number of aromatic nitrogens is 3. The molecule has 0 aliphatic carbocycles. The van der Waals surface area contributed by atoms with Crippen LogP contribution in [-0.2, 0) is 4.79 Å². The molecule has 35 heavy (non-hydrogen) atoms. The first-order valence-corrected chi connectivity index (χ1v) is 12.0. The number of aromatic hydroxyl groups is 1. The number of benzene rings is 3. The second-order valence-electron chi connectivity index (χ2n) is 7.55. The smallest absolute Gasteiger partial charge is 0.342 e. The maximum atomic E-state index is 12.4. The number of rotatable bonds is 8. The quantitative estimate of drug-likeness (QED) is 0.143. The van der Waals surface area contributed by atoms with Crippen molar-refractivity contribution in [2.75, 3.05) is 12.9 Å². The number of phenols is 1. The van der Waals surface area contributed by atoms with Gasteiger partial charge in [-0.2, -0.15) is 9.67 Å². The van der Waals surface area contributed by atoms with E-state index in [1.807, 2.05) is 60.0 Å². The highest BCUT2D eigenvalue weighted by atomic mass is 35.5. The minimum absolute atomic E-state index is 0.0314. The first-order valence-electron chi connectivity index (χ1n) is 10.6. The molecule has 0 saturated carbocycles. The second kappa shape index (κ2) is 11.1. The lowest BCUT2D eigenvalue weighted by Crippen LogP contribution is -2.34. The molecule has 0 spiro atoms. The number of thioether (sulfide) groups is 1. The van der Waals surface area contributed by atoms with Crippen LogP contribution in [0, 0.1) is 6.92 Å². The van der Waals surface area contributed by atoms with Crippen LogP contribution in [0.3, 0.4) is 0 Å². The summed E-state index contributed by atoms with van der Waals surface area (Å²) in [6.07, 6.45) is 1.48. The lowest BCUT2D eigenvalue weighted by atomic mass is 10.2. The van der Waals surface area contributed by atoms with E-state index in [2.05, 4.69) is 20.7 Å². The van der Waals surface area contributed by atoms with Crippen LogP contribution in [0.2, 0.25) is 5.02 Å². The Morgan fingerprint density at radius 1 is 1.20 bits per heavy atom. The van der Waals surface area contributed by atoms with E-state index in [9.17, 15) is 9.90 Å². The maximum Gasteiger partial charge on any atom is 0.342 e. The van der Waals surface area contributed by atoms with Crippen molar-refractivity contribution in [2.24, 2.45) is 5.10 Å². The molecule has 3 N–H and O–H groups in total. The Labute approximate surface area is 211 Å². The molecular formula is C25H23ClN5O3S+. The molecule has 1 heterocycles. The van der Waals surface area contributed by atoms with Crippen molar-refractivity contribution in [3.8, 4) is 28.6 Å². The number of nitrogens with zero attached hydrogens (tertiary/aromatic N) is 3. The minimum atomic E-state index is -0.288. The Morgan fingerprint density at radius 2 is 1.94 bits per heavy atom. The summed E-state index contributed by atoms with van der Waals surface area (Å²) in [4.78, 5) is 12.4. The van der Waals surface area contributed by atoms with Crippen LogP contribution in [-0.4, -0.2) is 40.3 Å². The normalized spacial score (nSPS) is 11.1. The van der Waals surface area contributed by atoms with Gasteiger partial charge >= 0.3 is 5.16 Å². The fraction of sp³-hybridized carbons (Fsp3) is 0.120. The number of aryl methyl sites for hydroxylation is 1. The van der Waals surface area contributed by atoms with E-state index in [4.69, 9.17) is 16.3 Å². The van der Waals surface area contributed by atoms with Crippen molar-refractivity contribution in [1.82, 2.24) is 15.6 Å². The Bertz CT molecular complexity index is 1350. The molecule has 0 atom stereocenters. The number of carbonyl (C=O) groups is 1. The van der Waals surface area contributed by atoms with Crippen LogP contribution in [0.5, 0.6) is 11.5 Å². The van der Waals surface area contributed by atoms with Gasteiger partial charge in [-0.15, -0.1) is 5.10 Å². The lowest BCUT2D eigenvalue weighted by Gasteiger charge is -2.05. The van der Waals surface area contributed by atoms with Crippen molar-refractivity contribution < 1.29 is 19.2 Å². The fourth-order valence-corrected chi connectivity index (χ4v) is 4.13. The van der Waals surface area contributed by atoms with Crippen molar-refractivity contribution in [3.63, 3.8) is 0 Å².